The Morgan fingerprint density at radius 3 is 2.59 bits per heavy atom. The molecule has 1 heterocycles. The van der Waals surface area contributed by atoms with Crippen LogP contribution in [0.5, 0.6) is 0 Å². The lowest BCUT2D eigenvalue weighted by atomic mass is 9.96. The molecule has 1 aliphatic heterocycles. The molecule has 2 amide bonds. The molecule has 1 aliphatic carbocycles. The Morgan fingerprint density at radius 2 is 2.00 bits per heavy atom. The maximum Gasteiger partial charge on any atom is 0.317 e. The number of likely N-dealkylation sites (tertiary alicyclic amines) is 1. The van der Waals surface area contributed by atoms with Crippen molar-refractivity contribution < 1.29 is 14.7 Å². The number of nitrogens with one attached hydrogen (secondary N) is 1. The first-order valence-corrected chi connectivity index (χ1v) is 7.88. The number of carbonyl (C=O) groups excluding carboxylic acids is 1. The number of urea groups is 1. The standard InChI is InChI=1S/C17H22N2O3/c20-15(21)14-6-9-19(11-14)16(22)18-12-17(7-8-17)10-13-4-2-1-3-5-13/h1-5,14H,6-12H2,(H,18,22)(H,20,21). The molecule has 5 heteroatoms. The van der Waals surface area contributed by atoms with E-state index >= 15 is 0 Å². The number of amides is 2. The highest BCUT2D eigenvalue weighted by Crippen LogP contribution is 2.47. The molecule has 5 nitrogen and oxygen atoms in total. The van der Waals surface area contributed by atoms with E-state index in [1.807, 2.05) is 18.2 Å². The summed E-state index contributed by atoms with van der Waals surface area (Å²) >= 11 is 0. The van der Waals surface area contributed by atoms with Crippen LogP contribution in [0.1, 0.15) is 24.8 Å². The quantitative estimate of drug-likeness (QED) is 0.875. The van der Waals surface area contributed by atoms with Crippen LogP contribution < -0.4 is 5.32 Å². The van der Waals surface area contributed by atoms with E-state index in [1.54, 1.807) is 4.90 Å². The molecule has 2 fully saturated rings. The Morgan fingerprint density at radius 1 is 1.27 bits per heavy atom. The highest BCUT2D eigenvalue weighted by Gasteiger charge is 2.43. The smallest absolute Gasteiger partial charge is 0.317 e. The third-order valence-corrected chi connectivity index (χ3v) is 4.82. The first-order valence-electron chi connectivity index (χ1n) is 7.88. The zero-order chi connectivity index (χ0) is 15.6. The molecule has 1 aromatic carbocycles. The average molecular weight is 302 g/mol. The van der Waals surface area contributed by atoms with Crippen molar-refractivity contribution in [3.63, 3.8) is 0 Å². The third kappa shape index (κ3) is 3.40. The molecule has 2 aliphatic rings. The number of carbonyl (C=O) groups is 2. The summed E-state index contributed by atoms with van der Waals surface area (Å²) in [7, 11) is 0. The Balaban J connectivity index is 1.48. The van der Waals surface area contributed by atoms with Gasteiger partial charge in [0.25, 0.3) is 0 Å². The Bertz CT molecular complexity index is 554. The molecular formula is C17H22N2O3. The Hall–Kier alpha value is -2.04. The molecule has 22 heavy (non-hydrogen) atoms. The lowest BCUT2D eigenvalue weighted by molar-refractivity contribution is -0.141. The normalized spacial score (nSPS) is 22.4. The summed E-state index contributed by atoms with van der Waals surface area (Å²) in [4.78, 5) is 24.7. The number of hydrogen-bond donors (Lipinski definition) is 2. The Labute approximate surface area is 130 Å². The van der Waals surface area contributed by atoms with Gasteiger partial charge in [-0.05, 0) is 36.7 Å². The van der Waals surface area contributed by atoms with Crippen molar-refractivity contribution in [2.24, 2.45) is 11.3 Å². The molecule has 118 valence electrons. The van der Waals surface area contributed by atoms with Crippen molar-refractivity contribution in [3.05, 3.63) is 35.9 Å². The fraction of sp³-hybridized carbons (Fsp3) is 0.529. The maximum atomic E-state index is 12.2. The summed E-state index contributed by atoms with van der Waals surface area (Å²) in [6, 6.07) is 10.2. The molecule has 2 N–H and O–H groups in total. The van der Waals surface area contributed by atoms with Gasteiger partial charge in [-0.1, -0.05) is 30.3 Å². The van der Waals surface area contributed by atoms with Crippen LogP contribution in [-0.4, -0.2) is 41.6 Å². The highest BCUT2D eigenvalue weighted by molar-refractivity contribution is 5.77. The van der Waals surface area contributed by atoms with E-state index in [0.717, 1.165) is 19.3 Å². The van der Waals surface area contributed by atoms with Crippen LogP contribution in [0.2, 0.25) is 0 Å². The molecule has 1 saturated heterocycles. The lowest BCUT2D eigenvalue weighted by Gasteiger charge is -2.20. The molecule has 1 aromatic rings. The lowest BCUT2D eigenvalue weighted by Crippen LogP contribution is -2.41. The van der Waals surface area contributed by atoms with Gasteiger partial charge in [0.05, 0.1) is 5.92 Å². The summed E-state index contributed by atoms with van der Waals surface area (Å²) in [6.07, 6.45) is 3.82. The molecule has 1 atom stereocenters. The summed E-state index contributed by atoms with van der Waals surface area (Å²) in [6.45, 7) is 1.54. The third-order valence-electron chi connectivity index (χ3n) is 4.82. The van der Waals surface area contributed by atoms with Crippen LogP contribution in [-0.2, 0) is 11.2 Å². The van der Waals surface area contributed by atoms with Crippen LogP contribution in [0.3, 0.4) is 0 Å². The van der Waals surface area contributed by atoms with Crippen molar-refractivity contribution in [3.8, 4) is 0 Å². The topological polar surface area (TPSA) is 69.6 Å². The van der Waals surface area contributed by atoms with E-state index in [2.05, 4.69) is 17.4 Å². The molecule has 1 unspecified atom stereocenters. The molecule has 0 radical (unpaired) electrons. The summed E-state index contributed by atoms with van der Waals surface area (Å²) in [5.74, 6) is -1.22. The minimum atomic E-state index is -0.807. The van der Waals surface area contributed by atoms with Crippen LogP contribution in [0, 0.1) is 11.3 Å². The minimum absolute atomic E-state index is 0.122. The number of rotatable bonds is 5. The molecular weight excluding hydrogens is 280 g/mol. The van der Waals surface area contributed by atoms with Gasteiger partial charge in [-0.3, -0.25) is 4.79 Å². The zero-order valence-corrected chi connectivity index (χ0v) is 12.6. The van der Waals surface area contributed by atoms with E-state index in [1.165, 1.54) is 5.56 Å². The Kier molecular flexibility index (Phi) is 4.05. The molecule has 1 saturated carbocycles. The van der Waals surface area contributed by atoms with Gasteiger partial charge in [0.15, 0.2) is 0 Å². The summed E-state index contributed by atoms with van der Waals surface area (Å²) in [5, 5.41) is 12.0. The van der Waals surface area contributed by atoms with Gasteiger partial charge in [0.2, 0.25) is 0 Å². The summed E-state index contributed by atoms with van der Waals surface area (Å²) in [5.41, 5.74) is 1.50. The second-order valence-corrected chi connectivity index (χ2v) is 6.59. The number of benzene rings is 1. The fourth-order valence-electron chi connectivity index (χ4n) is 3.14. The second kappa shape index (κ2) is 5.99. The number of nitrogens with zero attached hydrogens (tertiary/aromatic N) is 1. The van der Waals surface area contributed by atoms with E-state index in [9.17, 15) is 9.59 Å². The van der Waals surface area contributed by atoms with Crippen LogP contribution in [0.15, 0.2) is 30.3 Å². The van der Waals surface area contributed by atoms with Gasteiger partial charge in [-0.15, -0.1) is 0 Å². The number of aliphatic carboxylic acids is 1. The highest BCUT2D eigenvalue weighted by atomic mass is 16.4. The van der Waals surface area contributed by atoms with E-state index in [0.29, 0.717) is 26.1 Å². The monoisotopic (exact) mass is 302 g/mol. The van der Waals surface area contributed by atoms with Gasteiger partial charge in [-0.2, -0.15) is 0 Å². The van der Waals surface area contributed by atoms with E-state index in [-0.39, 0.29) is 11.4 Å². The van der Waals surface area contributed by atoms with Gasteiger partial charge < -0.3 is 15.3 Å². The van der Waals surface area contributed by atoms with Gasteiger partial charge >= 0.3 is 12.0 Å². The molecule has 0 aromatic heterocycles. The predicted molar refractivity (Wildman–Crippen MR) is 82.5 cm³/mol. The van der Waals surface area contributed by atoms with Crippen molar-refractivity contribution >= 4 is 12.0 Å². The van der Waals surface area contributed by atoms with Crippen molar-refractivity contribution in [2.45, 2.75) is 25.7 Å². The summed E-state index contributed by atoms with van der Waals surface area (Å²) < 4.78 is 0. The minimum Gasteiger partial charge on any atom is -0.481 e. The SMILES string of the molecule is O=C(O)C1CCN(C(=O)NCC2(Cc3ccccc3)CC2)C1. The first-order chi connectivity index (χ1) is 10.6. The number of hydrogen-bond acceptors (Lipinski definition) is 2. The predicted octanol–water partition coefficient (Wildman–Crippen LogP) is 2.13. The van der Waals surface area contributed by atoms with Crippen molar-refractivity contribution in [1.82, 2.24) is 10.2 Å². The molecule has 0 spiro atoms. The van der Waals surface area contributed by atoms with E-state index in [4.69, 9.17) is 5.11 Å². The fourth-order valence-corrected chi connectivity index (χ4v) is 3.14. The average Bonchev–Trinajstić information content (AvgIpc) is 3.09. The van der Waals surface area contributed by atoms with Crippen molar-refractivity contribution in [2.75, 3.05) is 19.6 Å². The molecule has 3 rings (SSSR count). The maximum absolute atomic E-state index is 12.2. The van der Waals surface area contributed by atoms with Crippen molar-refractivity contribution in [1.29, 1.82) is 0 Å². The van der Waals surface area contributed by atoms with Crippen LogP contribution in [0.4, 0.5) is 4.79 Å². The number of carboxylic acid groups (broad SMARTS) is 1. The largest absolute Gasteiger partial charge is 0.481 e. The molecule has 0 bridgehead atoms. The second-order valence-electron chi connectivity index (χ2n) is 6.59. The van der Waals surface area contributed by atoms with Gasteiger partial charge in [-0.25, -0.2) is 4.79 Å². The first kappa shape index (κ1) is 14.9. The zero-order valence-electron chi connectivity index (χ0n) is 12.6. The van der Waals surface area contributed by atoms with E-state index < -0.39 is 11.9 Å². The van der Waals surface area contributed by atoms with Gasteiger partial charge in [0.1, 0.15) is 0 Å². The van der Waals surface area contributed by atoms with Crippen LogP contribution >= 0.6 is 0 Å². The van der Waals surface area contributed by atoms with Gasteiger partial charge in [0, 0.05) is 19.6 Å². The number of carboxylic acids is 1. The van der Waals surface area contributed by atoms with Crippen LogP contribution in [0.25, 0.3) is 0 Å².